The minimum atomic E-state index is -3.29. The molecule has 0 atom stereocenters. The molecular formula is C20H27N3O4S. The van der Waals surface area contributed by atoms with Crippen LogP contribution in [0.4, 0.5) is 0 Å². The number of aryl methyl sites for hydroxylation is 2. The van der Waals surface area contributed by atoms with E-state index >= 15 is 0 Å². The van der Waals surface area contributed by atoms with Gasteiger partial charge in [-0.05, 0) is 31.7 Å². The van der Waals surface area contributed by atoms with Crippen LogP contribution in [0, 0.1) is 6.92 Å². The summed E-state index contributed by atoms with van der Waals surface area (Å²) < 4.78 is 32.6. The van der Waals surface area contributed by atoms with Crippen LogP contribution < -0.4 is 0 Å². The van der Waals surface area contributed by atoms with Gasteiger partial charge in [-0.3, -0.25) is 4.79 Å². The van der Waals surface area contributed by atoms with E-state index in [0.717, 1.165) is 5.56 Å². The number of oxazole rings is 1. The molecule has 1 saturated heterocycles. The van der Waals surface area contributed by atoms with Crippen LogP contribution in [0.3, 0.4) is 0 Å². The fourth-order valence-electron chi connectivity index (χ4n) is 3.40. The van der Waals surface area contributed by atoms with Gasteiger partial charge in [0, 0.05) is 33.1 Å². The summed E-state index contributed by atoms with van der Waals surface area (Å²) in [4.78, 5) is 18.0. The molecular weight excluding hydrogens is 378 g/mol. The van der Waals surface area contributed by atoms with Crippen molar-refractivity contribution >= 4 is 15.9 Å². The molecule has 0 radical (unpaired) electrons. The second-order valence-corrected chi connectivity index (χ2v) is 9.47. The summed E-state index contributed by atoms with van der Waals surface area (Å²) in [7, 11) is 0.0578. The summed E-state index contributed by atoms with van der Waals surface area (Å²) in [5.41, 5.74) is 1.35. The predicted octanol–water partition coefficient (Wildman–Crippen LogP) is 2.44. The Morgan fingerprint density at radius 1 is 1.21 bits per heavy atom. The summed E-state index contributed by atoms with van der Waals surface area (Å²) in [5.74, 6) is 0.994. The van der Waals surface area contributed by atoms with E-state index in [1.807, 2.05) is 30.3 Å². The maximum absolute atomic E-state index is 12.7. The van der Waals surface area contributed by atoms with Crippen molar-refractivity contribution in [3.05, 3.63) is 53.2 Å². The van der Waals surface area contributed by atoms with Crippen LogP contribution in [0.2, 0.25) is 0 Å². The Bertz CT molecular complexity index is 914. The van der Waals surface area contributed by atoms with Crippen molar-refractivity contribution in [1.82, 2.24) is 14.2 Å². The quantitative estimate of drug-likeness (QED) is 0.737. The first-order valence-electron chi connectivity index (χ1n) is 9.48. The number of amides is 1. The van der Waals surface area contributed by atoms with Gasteiger partial charge in [0.1, 0.15) is 5.76 Å². The molecule has 1 aliphatic heterocycles. The number of piperidine rings is 1. The zero-order valence-corrected chi connectivity index (χ0v) is 17.4. The molecule has 0 bridgehead atoms. The van der Waals surface area contributed by atoms with Gasteiger partial charge < -0.3 is 9.32 Å². The number of benzene rings is 1. The molecule has 0 unspecified atom stereocenters. The van der Waals surface area contributed by atoms with E-state index < -0.39 is 10.0 Å². The molecule has 1 aromatic heterocycles. The molecule has 0 aliphatic carbocycles. The number of hydrogen-bond donors (Lipinski definition) is 0. The van der Waals surface area contributed by atoms with Gasteiger partial charge in [0.05, 0.1) is 5.75 Å². The highest BCUT2D eigenvalue weighted by atomic mass is 32.2. The summed E-state index contributed by atoms with van der Waals surface area (Å²) in [6.45, 7) is 2.62. The second-order valence-electron chi connectivity index (χ2n) is 7.38. The van der Waals surface area contributed by atoms with Crippen LogP contribution in [0.15, 0.2) is 34.7 Å². The third-order valence-corrected chi connectivity index (χ3v) is 6.98. The molecule has 0 N–H and O–H groups in total. The number of rotatable bonds is 6. The third-order valence-electron chi connectivity index (χ3n) is 5.11. The topological polar surface area (TPSA) is 83.7 Å². The van der Waals surface area contributed by atoms with Crippen LogP contribution in [-0.2, 0) is 16.4 Å². The highest BCUT2D eigenvalue weighted by Crippen LogP contribution is 2.30. The molecule has 1 aromatic carbocycles. The van der Waals surface area contributed by atoms with Crippen LogP contribution in [0.25, 0.3) is 0 Å². The lowest BCUT2D eigenvalue weighted by Gasteiger charge is -2.29. The number of hydrogen-bond acceptors (Lipinski definition) is 5. The number of aromatic nitrogens is 1. The average molecular weight is 406 g/mol. The Morgan fingerprint density at radius 2 is 1.86 bits per heavy atom. The monoisotopic (exact) mass is 405 g/mol. The van der Waals surface area contributed by atoms with E-state index in [4.69, 9.17) is 4.42 Å². The van der Waals surface area contributed by atoms with Crippen molar-refractivity contribution in [1.29, 1.82) is 0 Å². The summed E-state index contributed by atoms with van der Waals surface area (Å²) in [6.07, 6.45) is 1.79. The van der Waals surface area contributed by atoms with Crippen molar-refractivity contribution in [2.24, 2.45) is 0 Å². The smallest absolute Gasteiger partial charge is 0.275 e. The van der Waals surface area contributed by atoms with E-state index in [0.29, 0.717) is 49.7 Å². The predicted molar refractivity (Wildman–Crippen MR) is 107 cm³/mol. The van der Waals surface area contributed by atoms with Crippen molar-refractivity contribution in [2.45, 2.75) is 32.1 Å². The number of nitrogens with zero attached hydrogens (tertiary/aromatic N) is 3. The van der Waals surface area contributed by atoms with Crippen molar-refractivity contribution in [3.8, 4) is 0 Å². The van der Waals surface area contributed by atoms with Crippen molar-refractivity contribution < 1.29 is 17.6 Å². The first-order chi connectivity index (χ1) is 13.3. The molecule has 152 valence electrons. The van der Waals surface area contributed by atoms with Gasteiger partial charge in [0.25, 0.3) is 5.91 Å². The van der Waals surface area contributed by atoms with Crippen LogP contribution in [0.1, 0.15) is 46.5 Å². The number of sulfonamides is 1. The van der Waals surface area contributed by atoms with Crippen molar-refractivity contribution in [3.63, 3.8) is 0 Å². The Morgan fingerprint density at radius 3 is 2.46 bits per heavy atom. The molecule has 3 rings (SSSR count). The van der Waals surface area contributed by atoms with Gasteiger partial charge in [-0.15, -0.1) is 0 Å². The van der Waals surface area contributed by atoms with E-state index in [9.17, 15) is 13.2 Å². The SMILES string of the molecule is Cc1oc(C2CCN(S(=O)(=O)CCc3ccccc3)CC2)nc1C(=O)N(C)C. The van der Waals surface area contributed by atoms with Gasteiger partial charge >= 0.3 is 0 Å². The molecule has 7 nitrogen and oxygen atoms in total. The highest BCUT2D eigenvalue weighted by molar-refractivity contribution is 7.89. The number of carbonyl (C=O) groups excluding carboxylic acids is 1. The highest BCUT2D eigenvalue weighted by Gasteiger charge is 2.31. The van der Waals surface area contributed by atoms with Crippen LogP contribution in [0.5, 0.6) is 0 Å². The van der Waals surface area contributed by atoms with Gasteiger partial charge in [0.2, 0.25) is 10.0 Å². The zero-order valence-electron chi connectivity index (χ0n) is 16.6. The molecule has 0 spiro atoms. The molecule has 1 amide bonds. The lowest BCUT2D eigenvalue weighted by Crippen LogP contribution is -2.39. The Hall–Kier alpha value is -2.19. The van der Waals surface area contributed by atoms with E-state index in [1.165, 1.54) is 4.90 Å². The Kier molecular flexibility index (Phi) is 6.20. The molecule has 8 heteroatoms. The van der Waals surface area contributed by atoms with Crippen LogP contribution in [-0.4, -0.2) is 61.5 Å². The first-order valence-corrected chi connectivity index (χ1v) is 11.1. The fourth-order valence-corrected chi connectivity index (χ4v) is 4.92. The molecule has 1 aliphatic rings. The Balaban J connectivity index is 1.59. The first kappa shape index (κ1) is 20.5. The summed E-state index contributed by atoms with van der Waals surface area (Å²) >= 11 is 0. The second kappa shape index (κ2) is 8.45. The lowest BCUT2D eigenvalue weighted by molar-refractivity contribution is 0.0821. The molecule has 28 heavy (non-hydrogen) atoms. The molecule has 0 saturated carbocycles. The van der Waals surface area contributed by atoms with Gasteiger partial charge in [-0.25, -0.2) is 17.7 Å². The molecule has 1 fully saturated rings. The minimum absolute atomic E-state index is 0.0305. The van der Waals surface area contributed by atoms with Crippen LogP contribution >= 0.6 is 0 Å². The third kappa shape index (κ3) is 4.62. The van der Waals surface area contributed by atoms with Gasteiger partial charge in [-0.2, -0.15) is 0 Å². The zero-order chi connectivity index (χ0) is 20.3. The maximum atomic E-state index is 12.7. The average Bonchev–Trinajstić information content (AvgIpc) is 3.08. The molecule has 2 heterocycles. The number of carbonyl (C=O) groups is 1. The summed E-state index contributed by atoms with van der Waals surface area (Å²) in [6, 6.07) is 9.64. The largest absolute Gasteiger partial charge is 0.445 e. The molecule has 2 aromatic rings. The van der Waals surface area contributed by atoms with Crippen molar-refractivity contribution in [2.75, 3.05) is 32.9 Å². The Labute approximate surface area is 166 Å². The van der Waals surface area contributed by atoms with Gasteiger partial charge in [0.15, 0.2) is 11.6 Å². The fraction of sp³-hybridized carbons (Fsp3) is 0.500. The summed E-state index contributed by atoms with van der Waals surface area (Å²) in [5, 5.41) is 0. The van der Waals surface area contributed by atoms with E-state index in [1.54, 1.807) is 25.3 Å². The normalized spacial score (nSPS) is 16.2. The van der Waals surface area contributed by atoms with E-state index in [2.05, 4.69) is 4.98 Å². The maximum Gasteiger partial charge on any atom is 0.275 e. The lowest BCUT2D eigenvalue weighted by atomic mass is 9.98. The van der Waals surface area contributed by atoms with E-state index in [-0.39, 0.29) is 17.6 Å². The van der Waals surface area contributed by atoms with Gasteiger partial charge in [-0.1, -0.05) is 30.3 Å². The standard InChI is InChI=1S/C20H27N3O4S/c1-15-18(20(24)22(2)3)21-19(27-15)17-9-12-23(13-10-17)28(25,26)14-11-16-7-5-4-6-8-16/h4-8,17H,9-14H2,1-3H3. The minimum Gasteiger partial charge on any atom is -0.445 e.